The van der Waals surface area contributed by atoms with Crippen molar-refractivity contribution < 1.29 is 0 Å². The summed E-state index contributed by atoms with van der Waals surface area (Å²) in [5.41, 5.74) is 12.1. The molecule has 2 N–H and O–H groups in total. The number of hydrogen-bond acceptors (Lipinski definition) is 1. The summed E-state index contributed by atoms with van der Waals surface area (Å²) in [6, 6.07) is 0.114. The van der Waals surface area contributed by atoms with E-state index in [0.29, 0.717) is 11.8 Å². The van der Waals surface area contributed by atoms with E-state index in [-0.39, 0.29) is 6.04 Å². The Labute approximate surface area is 176 Å². The van der Waals surface area contributed by atoms with Gasteiger partial charge in [0.05, 0.1) is 0 Å². The summed E-state index contributed by atoms with van der Waals surface area (Å²) >= 11 is 0. The first-order valence-electron chi connectivity index (χ1n) is 11.4. The Balaban J connectivity index is 1.28. The summed E-state index contributed by atoms with van der Waals surface area (Å²) in [4.78, 5) is 0. The van der Waals surface area contributed by atoms with Crippen molar-refractivity contribution in [2.24, 2.45) is 23.5 Å². The zero-order valence-electron chi connectivity index (χ0n) is 17.6. The summed E-state index contributed by atoms with van der Waals surface area (Å²) in [6.07, 6.45) is 34.4. The van der Waals surface area contributed by atoms with Crippen LogP contribution in [0, 0.1) is 17.8 Å². The van der Waals surface area contributed by atoms with Crippen LogP contribution in [0.25, 0.3) is 0 Å². The van der Waals surface area contributed by atoms with Crippen LogP contribution >= 0.6 is 0 Å². The van der Waals surface area contributed by atoms with E-state index in [9.17, 15) is 0 Å². The second-order valence-corrected chi connectivity index (χ2v) is 9.01. The Morgan fingerprint density at radius 2 is 1.97 bits per heavy atom. The quantitative estimate of drug-likeness (QED) is 0.495. The maximum absolute atomic E-state index is 6.60. The van der Waals surface area contributed by atoms with Crippen molar-refractivity contribution in [2.45, 2.75) is 57.4 Å². The van der Waals surface area contributed by atoms with Gasteiger partial charge in [-0.3, -0.25) is 0 Å². The summed E-state index contributed by atoms with van der Waals surface area (Å²) in [6.45, 7) is 4.37. The van der Waals surface area contributed by atoms with Crippen molar-refractivity contribution in [3.63, 3.8) is 0 Å². The van der Waals surface area contributed by atoms with Crippen LogP contribution in [0.4, 0.5) is 0 Å². The molecule has 29 heavy (non-hydrogen) atoms. The molecule has 0 aliphatic heterocycles. The standard InChI is InChI=1S/C28H35N/c1-21(22-12-14-25(15-13-22)23-8-4-2-5-9-23)20-28(29)27-18-16-26(17-19-27)24-10-6-3-7-11-24/h2-4,6-8,10,12-14,18,24-26,28H,1,5,9,11,15-17,19-20,29H2/t24?,25?,26?,28-/m0/s1. The smallest absolute Gasteiger partial charge is 0.0294 e. The van der Waals surface area contributed by atoms with E-state index in [1.807, 2.05) is 0 Å². The average Bonchev–Trinajstić information content (AvgIpc) is 2.80. The Bertz CT molecular complexity index is 826. The topological polar surface area (TPSA) is 26.0 Å². The number of rotatable bonds is 6. The molecule has 4 atom stereocenters. The van der Waals surface area contributed by atoms with Crippen molar-refractivity contribution in [3.8, 4) is 0 Å². The zero-order valence-corrected chi connectivity index (χ0v) is 17.6. The Kier molecular flexibility index (Phi) is 6.67. The third kappa shape index (κ3) is 5.08. The van der Waals surface area contributed by atoms with Crippen LogP contribution in [0.15, 0.2) is 95.7 Å². The van der Waals surface area contributed by atoms with Gasteiger partial charge in [-0.05, 0) is 74.3 Å². The van der Waals surface area contributed by atoms with Crippen LogP contribution in [0.5, 0.6) is 0 Å². The van der Waals surface area contributed by atoms with Crippen LogP contribution in [0.3, 0.4) is 0 Å². The normalized spacial score (nSPS) is 29.8. The second kappa shape index (κ2) is 9.59. The van der Waals surface area contributed by atoms with Gasteiger partial charge in [-0.2, -0.15) is 0 Å². The van der Waals surface area contributed by atoms with Gasteiger partial charge < -0.3 is 5.73 Å². The van der Waals surface area contributed by atoms with Crippen molar-refractivity contribution in [3.05, 3.63) is 95.7 Å². The third-order valence-corrected chi connectivity index (χ3v) is 7.08. The van der Waals surface area contributed by atoms with Crippen LogP contribution < -0.4 is 5.73 Å². The average molecular weight is 386 g/mol. The highest BCUT2D eigenvalue weighted by Gasteiger charge is 2.24. The fourth-order valence-corrected chi connectivity index (χ4v) is 5.15. The van der Waals surface area contributed by atoms with Crippen molar-refractivity contribution in [1.29, 1.82) is 0 Å². The predicted octanol–water partition coefficient (Wildman–Crippen LogP) is 6.90. The molecule has 0 spiro atoms. The minimum Gasteiger partial charge on any atom is -0.324 e. The molecular weight excluding hydrogens is 350 g/mol. The molecule has 152 valence electrons. The molecule has 3 unspecified atom stereocenters. The van der Waals surface area contributed by atoms with Gasteiger partial charge in [0, 0.05) is 12.0 Å². The van der Waals surface area contributed by atoms with Crippen molar-refractivity contribution in [2.75, 3.05) is 0 Å². The van der Waals surface area contributed by atoms with Gasteiger partial charge in [-0.25, -0.2) is 0 Å². The summed E-state index contributed by atoms with van der Waals surface area (Å²) in [7, 11) is 0. The SMILES string of the molecule is C=C(C[C@H](N)C1=CCC(C2C=CC=CC2)CC1)C1=CCC(C2=CC=CCC2)C=C1. The first-order valence-corrected chi connectivity index (χ1v) is 11.4. The molecule has 0 saturated heterocycles. The Morgan fingerprint density at radius 1 is 1.03 bits per heavy atom. The second-order valence-electron chi connectivity index (χ2n) is 9.01. The molecule has 4 aliphatic carbocycles. The maximum Gasteiger partial charge on any atom is 0.0294 e. The lowest BCUT2D eigenvalue weighted by Gasteiger charge is -2.30. The monoisotopic (exact) mass is 385 g/mol. The molecule has 0 radical (unpaired) electrons. The fourth-order valence-electron chi connectivity index (χ4n) is 5.15. The number of hydrogen-bond donors (Lipinski definition) is 1. The van der Waals surface area contributed by atoms with Crippen molar-refractivity contribution >= 4 is 0 Å². The molecule has 0 aromatic heterocycles. The van der Waals surface area contributed by atoms with E-state index in [4.69, 9.17) is 5.73 Å². The molecule has 0 fully saturated rings. The summed E-state index contributed by atoms with van der Waals surface area (Å²) < 4.78 is 0. The molecule has 0 amide bonds. The van der Waals surface area contributed by atoms with Gasteiger partial charge in [0.1, 0.15) is 0 Å². The number of nitrogens with two attached hydrogens (primary N) is 1. The van der Waals surface area contributed by atoms with Gasteiger partial charge in [0.15, 0.2) is 0 Å². The van der Waals surface area contributed by atoms with Crippen LogP contribution in [-0.2, 0) is 0 Å². The molecule has 0 aromatic carbocycles. The molecule has 4 aliphatic rings. The van der Waals surface area contributed by atoms with Crippen LogP contribution in [-0.4, -0.2) is 6.04 Å². The molecule has 4 rings (SSSR count). The van der Waals surface area contributed by atoms with E-state index in [2.05, 4.69) is 73.4 Å². The zero-order chi connectivity index (χ0) is 20.1. The lowest BCUT2D eigenvalue weighted by molar-refractivity contribution is 0.354. The first-order chi connectivity index (χ1) is 14.2. The Morgan fingerprint density at radius 3 is 2.62 bits per heavy atom. The van der Waals surface area contributed by atoms with Crippen LogP contribution in [0.2, 0.25) is 0 Å². The van der Waals surface area contributed by atoms with Gasteiger partial charge in [-0.1, -0.05) is 84.6 Å². The van der Waals surface area contributed by atoms with Gasteiger partial charge in [0.25, 0.3) is 0 Å². The fraction of sp³-hybridized carbons (Fsp3) is 0.429. The van der Waals surface area contributed by atoms with Crippen molar-refractivity contribution in [1.82, 2.24) is 0 Å². The highest BCUT2D eigenvalue weighted by molar-refractivity contribution is 5.43. The molecule has 0 heterocycles. The molecule has 0 aromatic rings. The maximum atomic E-state index is 6.60. The van der Waals surface area contributed by atoms with Gasteiger partial charge in [-0.15, -0.1) is 0 Å². The van der Waals surface area contributed by atoms with E-state index in [0.717, 1.165) is 25.2 Å². The van der Waals surface area contributed by atoms with E-state index in [1.54, 1.807) is 5.57 Å². The lowest BCUT2D eigenvalue weighted by atomic mass is 9.76. The van der Waals surface area contributed by atoms with Gasteiger partial charge in [0.2, 0.25) is 0 Å². The summed E-state index contributed by atoms with van der Waals surface area (Å²) in [5.74, 6) is 2.05. The minimum absolute atomic E-state index is 0.114. The third-order valence-electron chi connectivity index (χ3n) is 7.08. The number of allylic oxidation sites excluding steroid dienone is 13. The highest BCUT2D eigenvalue weighted by atomic mass is 14.6. The highest BCUT2D eigenvalue weighted by Crippen LogP contribution is 2.36. The van der Waals surface area contributed by atoms with E-state index < -0.39 is 0 Å². The molecular formula is C28H35N. The van der Waals surface area contributed by atoms with E-state index >= 15 is 0 Å². The summed E-state index contributed by atoms with van der Waals surface area (Å²) in [5, 5.41) is 0. The Hall–Kier alpha value is -2.12. The minimum atomic E-state index is 0.114. The first kappa shape index (κ1) is 20.2. The predicted molar refractivity (Wildman–Crippen MR) is 125 cm³/mol. The molecule has 1 heteroatoms. The van der Waals surface area contributed by atoms with Crippen LogP contribution in [0.1, 0.15) is 51.4 Å². The largest absolute Gasteiger partial charge is 0.324 e. The molecule has 1 nitrogen and oxygen atoms in total. The molecule has 0 saturated carbocycles. The molecule has 0 bridgehead atoms. The van der Waals surface area contributed by atoms with E-state index in [1.165, 1.54) is 48.8 Å². The lowest BCUT2D eigenvalue weighted by Crippen LogP contribution is -2.27. The van der Waals surface area contributed by atoms with Gasteiger partial charge >= 0.3 is 0 Å².